The van der Waals surface area contributed by atoms with Crippen LogP contribution < -0.4 is 0 Å². The van der Waals surface area contributed by atoms with Crippen molar-refractivity contribution < 1.29 is 4.79 Å². The predicted molar refractivity (Wildman–Crippen MR) is 71.9 cm³/mol. The topological polar surface area (TPSA) is 17.1 Å². The van der Waals surface area contributed by atoms with E-state index in [2.05, 4.69) is 22.0 Å². The Morgan fingerprint density at radius 1 is 1.38 bits per heavy atom. The van der Waals surface area contributed by atoms with Gasteiger partial charge in [-0.1, -0.05) is 12.5 Å². The summed E-state index contributed by atoms with van der Waals surface area (Å²) in [5.74, 6) is 0.316. The summed E-state index contributed by atoms with van der Waals surface area (Å²) in [4.78, 5) is 13.2. The van der Waals surface area contributed by atoms with E-state index >= 15 is 0 Å². The molecule has 0 N–H and O–H groups in total. The number of rotatable bonds is 3. The first-order chi connectivity index (χ1) is 7.75. The Morgan fingerprint density at radius 2 is 2.25 bits per heavy atom. The maximum atomic E-state index is 12.1. The lowest BCUT2D eigenvalue weighted by Crippen LogP contribution is -2.05. The van der Waals surface area contributed by atoms with E-state index in [-0.39, 0.29) is 0 Å². The Labute approximate surface area is 109 Å². The van der Waals surface area contributed by atoms with Crippen molar-refractivity contribution >= 4 is 33.0 Å². The number of carbonyl (C=O) groups excluding carboxylic acids is 1. The van der Waals surface area contributed by atoms with Gasteiger partial charge in [0.2, 0.25) is 0 Å². The molecule has 0 atom stereocenters. The molecule has 0 saturated heterocycles. The first-order valence-corrected chi connectivity index (χ1v) is 7.38. The molecule has 1 aliphatic rings. The highest BCUT2D eigenvalue weighted by molar-refractivity contribution is 9.10. The van der Waals surface area contributed by atoms with Gasteiger partial charge in [-0.25, -0.2) is 0 Å². The van der Waals surface area contributed by atoms with E-state index in [0.29, 0.717) is 12.2 Å². The highest BCUT2D eigenvalue weighted by Crippen LogP contribution is 2.23. The van der Waals surface area contributed by atoms with Crippen LogP contribution in [0.1, 0.15) is 37.0 Å². The largest absolute Gasteiger partial charge is 0.294 e. The molecule has 0 aliphatic heterocycles. The molecule has 1 nitrogen and oxygen atoms in total. The van der Waals surface area contributed by atoms with Crippen molar-refractivity contribution in [1.82, 2.24) is 0 Å². The van der Waals surface area contributed by atoms with Crippen molar-refractivity contribution in [3.63, 3.8) is 0 Å². The number of allylic oxidation sites excluding steroid dienone is 2. The zero-order valence-electron chi connectivity index (χ0n) is 9.17. The van der Waals surface area contributed by atoms with Crippen LogP contribution in [0.5, 0.6) is 0 Å². The number of halogens is 1. The molecular formula is C13H15BrOS. The summed E-state index contributed by atoms with van der Waals surface area (Å²) in [6, 6.07) is 2.04. The zero-order valence-corrected chi connectivity index (χ0v) is 11.6. The van der Waals surface area contributed by atoms with Crippen LogP contribution in [0.15, 0.2) is 27.6 Å². The minimum Gasteiger partial charge on any atom is -0.294 e. The van der Waals surface area contributed by atoms with Crippen LogP contribution >= 0.6 is 27.3 Å². The first kappa shape index (κ1) is 12.1. The lowest BCUT2D eigenvalue weighted by molar-refractivity contribution is -0.115. The monoisotopic (exact) mass is 298 g/mol. The quantitative estimate of drug-likeness (QED) is 0.802. The molecule has 0 bridgehead atoms. The van der Waals surface area contributed by atoms with Crippen LogP contribution in [-0.2, 0) is 11.2 Å². The molecular weight excluding hydrogens is 284 g/mol. The third-order valence-corrected chi connectivity index (χ3v) is 4.55. The van der Waals surface area contributed by atoms with Gasteiger partial charge in [-0.3, -0.25) is 4.79 Å². The van der Waals surface area contributed by atoms with Gasteiger partial charge in [-0.05, 0) is 53.3 Å². The van der Waals surface area contributed by atoms with Gasteiger partial charge in [0.25, 0.3) is 0 Å². The van der Waals surface area contributed by atoms with Gasteiger partial charge in [0.05, 0.1) is 0 Å². The van der Waals surface area contributed by atoms with E-state index in [1.807, 2.05) is 11.4 Å². The van der Waals surface area contributed by atoms with E-state index in [0.717, 1.165) is 27.8 Å². The normalized spacial score (nSPS) is 16.7. The maximum Gasteiger partial charge on any atom is 0.163 e. The minimum atomic E-state index is 0.316. The lowest BCUT2D eigenvalue weighted by Gasteiger charge is -2.02. The van der Waals surface area contributed by atoms with Crippen molar-refractivity contribution in [2.24, 2.45) is 0 Å². The Hall–Kier alpha value is -0.410. The molecule has 0 unspecified atom stereocenters. The molecule has 0 aromatic carbocycles. The molecule has 2 rings (SSSR count). The number of carbonyl (C=O) groups is 1. The average molecular weight is 299 g/mol. The summed E-state index contributed by atoms with van der Waals surface area (Å²) in [6.45, 7) is 0. The summed E-state index contributed by atoms with van der Waals surface area (Å²) < 4.78 is 1.08. The van der Waals surface area contributed by atoms with E-state index in [9.17, 15) is 4.79 Å². The van der Waals surface area contributed by atoms with Gasteiger partial charge < -0.3 is 0 Å². The van der Waals surface area contributed by atoms with Crippen molar-refractivity contribution in [2.45, 2.75) is 38.5 Å². The van der Waals surface area contributed by atoms with Gasteiger partial charge in [0.15, 0.2) is 5.78 Å². The highest BCUT2D eigenvalue weighted by atomic mass is 79.9. The predicted octanol–water partition coefficient (Wildman–Crippen LogP) is 4.51. The van der Waals surface area contributed by atoms with E-state index < -0.39 is 0 Å². The molecule has 1 aliphatic carbocycles. The van der Waals surface area contributed by atoms with Crippen LogP contribution in [0, 0.1) is 0 Å². The van der Waals surface area contributed by atoms with Crippen LogP contribution in [0.25, 0.3) is 0 Å². The third-order valence-electron chi connectivity index (χ3n) is 2.86. The van der Waals surface area contributed by atoms with Gasteiger partial charge in [0, 0.05) is 21.2 Å². The summed E-state index contributed by atoms with van der Waals surface area (Å²) in [7, 11) is 0. The van der Waals surface area contributed by atoms with Gasteiger partial charge in [-0.15, -0.1) is 11.3 Å². The summed E-state index contributed by atoms with van der Waals surface area (Å²) in [6.07, 6.45) is 8.45. The number of Topliss-reactive ketones (excluding diaryl/α,β-unsaturated/α-hetero) is 1. The molecule has 0 saturated carbocycles. The van der Waals surface area contributed by atoms with Crippen LogP contribution in [-0.4, -0.2) is 5.78 Å². The van der Waals surface area contributed by atoms with E-state index in [4.69, 9.17) is 0 Å². The lowest BCUT2D eigenvalue weighted by atomic mass is 10.0. The number of hydrogen-bond donors (Lipinski definition) is 0. The molecule has 1 aromatic heterocycles. The summed E-state index contributed by atoms with van der Waals surface area (Å²) in [5.41, 5.74) is 1.06. The summed E-state index contributed by atoms with van der Waals surface area (Å²) in [5, 5.41) is 2.03. The fourth-order valence-corrected chi connectivity index (χ4v) is 3.44. The molecule has 0 radical (unpaired) electrons. The number of ketones is 1. The second-order valence-electron chi connectivity index (χ2n) is 4.16. The van der Waals surface area contributed by atoms with Crippen molar-refractivity contribution in [3.05, 3.63) is 32.4 Å². The van der Waals surface area contributed by atoms with Crippen molar-refractivity contribution in [1.29, 1.82) is 0 Å². The molecule has 0 amide bonds. The molecule has 16 heavy (non-hydrogen) atoms. The second kappa shape index (κ2) is 5.78. The number of hydrogen-bond acceptors (Lipinski definition) is 2. The smallest absolute Gasteiger partial charge is 0.163 e. The fourth-order valence-electron chi connectivity index (χ4n) is 1.99. The molecule has 3 heteroatoms. The SMILES string of the molecule is O=C(Cc1cc(Br)cs1)C1=CCCCCC1. The molecule has 0 fully saturated rings. The second-order valence-corrected chi connectivity index (χ2v) is 6.07. The molecule has 0 spiro atoms. The highest BCUT2D eigenvalue weighted by Gasteiger charge is 2.12. The van der Waals surface area contributed by atoms with Crippen molar-refractivity contribution in [3.8, 4) is 0 Å². The fraction of sp³-hybridized carbons (Fsp3) is 0.462. The maximum absolute atomic E-state index is 12.1. The summed E-state index contributed by atoms with van der Waals surface area (Å²) >= 11 is 5.07. The Bertz CT molecular complexity index is 406. The number of thiophene rings is 1. The average Bonchev–Trinajstić information content (AvgIpc) is 2.56. The van der Waals surface area contributed by atoms with Gasteiger partial charge in [-0.2, -0.15) is 0 Å². The molecule has 1 heterocycles. The molecule has 1 aromatic rings. The van der Waals surface area contributed by atoms with Crippen molar-refractivity contribution in [2.75, 3.05) is 0 Å². The Balaban J connectivity index is 1.99. The minimum absolute atomic E-state index is 0.316. The van der Waals surface area contributed by atoms with E-state index in [1.165, 1.54) is 19.3 Å². The van der Waals surface area contributed by atoms with Crippen LogP contribution in [0.3, 0.4) is 0 Å². The van der Waals surface area contributed by atoms with E-state index in [1.54, 1.807) is 11.3 Å². The zero-order chi connectivity index (χ0) is 11.4. The van der Waals surface area contributed by atoms with Crippen LogP contribution in [0.4, 0.5) is 0 Å². The van der Waals surface area contributed by atoms with Gasteiger partial charge in [0.1, 0.15) is 0 Å². The Kier molecular flexibility index (Phi) is 4.36. The van der Waals surface area contributed by atoms with Gasteiger partial charge >= 0.3 is 0 Å². The standard InChI is InChI=1S/C13H15BrOS/c14-11-7-12(16-9-11)8-13(15)10-5-3-1-2-4-6-10/h5,7,9H,1-4,6,8H2. The molecule has 86 valence electrons. The Morgan fingerprint density at radius 3 is 3.00 bits per heavy atom. The van der Waals surface area contributed by atoms with Crippen LogP contribution in [0.2, 0.25) is 0 Å². The first-order valence-electron chi connectivity index (χ1n) is 5.71. The third kappa shape index (κ3) is 3.29.